The highest BCUT2D eigenvalue weighted by atomic mass is 32.1. The molecule has 1 saturated heterocycles. The maximum absolute atomic E-state index is 5.57. The Morgan fingerprint density at radius 1 is 1.29 bits per heavy atom. The van der Waals surface area contributed by atoms with Crippen LogP contribution in [-0.2, 0) is 10.3 Å². The lowest BCUT2D eigenvalue weighted by atomic mass is 10.0. The molecular weight excluding hydrogens is 194 g/mol. The molecule has 14 heavy (non-hydrogen) atoms. The molecule has 3 heteroatoms. The van der Waals surface area contributed by atoms with Crippen LogP contribution in [0.25, 0.3) is 0 Å². The molecule has 2 nitrogen and oxygen atoms in total. The van der Waals surface area contributed by atoms with Crippen molar-refractivity contribution in [3.05, 3.63) is 52.5 Å². The van der Waals surface area contributed by atoms with E-state index in [1.807, 2.05) is 30.5 Å². The molecule has 1 aliphatic heterocycles. The Morgan fingerprint density at radius 3 is 2.79 bits per heavy atom. The molecule has 3 rings (SSSR count). The van der Waals surface area contributed by atoms with Gasteiger partial charge in [0.05, 0.1) is 12.3 Å². The van der Waals surface area contributed by atoms with Gasteiger partial charge in [-0.2, -0.15) is 0 Å². The van der Waals surface area contributed by atoms with E-state index in [-0.39, 0.29) is 5.60 Å². The summed E-state index contributed by atoms with van der Waals surface area (Å²) < 4.78 is 5.57. The van der Waals surface area contributed by atoms with Crippen molar-refractivity contribution in [3.63, 3.8) is 0 Å². The zero-order valence-electron chi connectivity index (χ0n) is 7.51. The summed E-state index contributed by atoms with van der Waals surface area (Å²) in [5.41, 5.74) is 0.789. The smallest absolute Gasteiger partial charge is 0.167 e. The highest BCUT2D eigenvalue weighted by Crippen LogP contribution is 2.45. The van der Waals surface area contributed by atoms with Gasteiger partial charge in [-0.3, -0.25) is 4.98 Å². The van der Waals surface area contributed by atoms with Crippen LogP contribution >= 0.6 is 11.3 Å². The fraction of sp³-hybridized carbons (Fsp3) is 0.182. The molecule has 1 aliphatic rings. The lowest BCUT2D eigenvalue weighted by Gasteiger charge is -2.07. The van der Waals surface area contributed by atoms with E-state index in [0.29, 0.717) is 0 Å². The lowest BCUT2D eigenvalue weighted by Crippen LogP contribution is -2.10. The van der Waals surface area contributed by atoms with Crippen LogP contribution in [0.3, 0.4) is 0 Å². The molecule has 0 spiro atoms. The molecule has 70 valence electrons. The molecule has 1 unspecified atom stereocenters. The Morgan fingerprint density at radius 2 is 2.21 bits per heavy atom. The zero-order chi connectivity index (χ0) is 9.43. The van der Waals surface area contributed by atoms with E-state index < -0.39 is 0 Å². The van der Waals surface area contributed by atoms with Crippen LogP contribution in [-0.4, -0.2) is 11.6 Å². The van der Waals surface area contributed by atoms with Crippen molar-refractivity contribution >= 4 is 11.3 Å². The Balaban J connectivity index is 2.07. The predicted octanol–water partition coefficient (Wildman–Crippen LogP) is 2.42. The Kier molecular flexibility index (Phi) is 1.69. The largest absolute Gasteiger partial charge is 0.357 e. The maximum Gasteiger partial charge on any atom is 0.167 e. The van der Waals surface area contributed by atoms with Gasteiger partial charge in [-0.1, -0.05) is 12.1 Å². The average molecular weight is 203 g/mol. The Labute approximate surface area is 86.2 Å². The van der Waals surface area contributed by atoms with Gasteiger partial charge < -0.3 is 4.74 Å². The van der Waals surface area contributed by atoms with E-state index in [2.05, 4.69) is 16.4 Å². The number of ether oxygens (including phenoxy) is 1. The minimum Gasteiger partial charge on any atom is -0.357 e. The van der Waals surface area contributed by atoms with Crippen LogP contribution in [0.1, 0.15) is 10.6 Å². The van der Waals surface area contributed by atoms with Gasteiger partial charge in [-0.25, -0.2) is 0 Å². The van der Waals surface area contributed by atoms with E-state index in [1.165, 1.54) is 4.88 Å². The van der Waals surface area contributed by atoms with Crippen LogP contribution in [0.4, 0.5) is 0 Å². The van der Waals surface area contributed by atoms with E-state index >= 15 is 0 Å². The molecule has 1 fully saturated rings. The third kappa shape index (κ3) is 1.10. The fourth-order valence-corrected chi connectivity index (χ4v) is 2.47. The normalized spacial score (nSPS) is 24.9. The van der Waals surface area contributed by atoms with E-state index in [9.17, 15) is 0 Å². The monoisotopic (exact) mass is 203 g/mol. The molecule has 1 atom stereocenters. The van der Waals surface area contributed by atoms with Gasteiger partial charge in [0.25, 0.3) is 0 Å². The van der Waals surface area contributed by atoms with Crippen molar-refractivity contribution in [2.75, 3.05) is 6.61 Å². The first-order chi connectivity index (χ1) is 6.92. The number of rotatable bonds is 2. The summed E-state index contributed by atoms with van der Waals surface area (Å²) in [5, 5.41) is 2.07. The van der Waals surface area contributed by atoms with Crippen molar-refractivity contribution in [2.45, 2.75) is 5.60 Å². The topological polar surface area (TPSA) is 25.4 Å². The SMILES string of the molecule is c1ccc(C2(c3cccs3)CO2)nc1. The van der Waals surface area contributed by atoms with Gasteiger partial charge in [0.15, 0.2) is 5.60 Å². The summed E-state index contributed by atoms with van der Waals surface area (Å²) in [6, 6.07) is 10.1. The number of hydrogen-bond donors (Lipinski definition) is 0. The first-order valence-electron chi connectivity index (χ1n) is 4.51. The molecule has 2 aromatic heterocycles. The second-order valence-corrected chi connectivity index (χ2v) is 4.26. The summed E-state index contributed by atoms with van der Waals surface area (Å²) in [6.07, 6.45) is 1.81. The second-order valence-electron chi connectivity index (χ2n) is 3.31. The number of hydrogen-bond acceptors (Lipinski definition) is 3. The number of pyridine rings is 1. The zero-order valence-corrected chi connectivity index (χ0v) is 8.33. The first kappa shape index (κ1) is 8.15. The van der Waals surface area contributed by atoms with Gasteiger partial charge >= 0.3 is 0 Å². The molecule has 3 heterocycles. The molecule has 0 bridgehead atoms. The quantitative estimate of drug-likeness (QED) is 0.700. The number of thiophene rings is 1. The maximum atomic E-state index is 5.57. The lowest BCUT2D eigenvalue weighted by molar-refractivity contribution is 0.347. The standard InChI is InChI=1S/C11H9NOS/c1-2-6-12-9(4-1)11(8-13-11)10-5-3-7-14-10/h1-7H,8H2. The van der Waals surface area contributed by atoms with Gasteiger partial charge in [0.2, 0.25) is 0 Å². The number of epoxide rings is 1. The van der Waals surface area contributed by atoms with Crippen LogP contribution in [0.5, 0.6) is 0 Å². The predicted molar refractivity (Wildman–Crippen MR) is 55.3 cm³/mol. The molecule has 2 aromatic rings. The summed E-state index contributed by atoms with van der Waals surface area (Å²) >= 11 is 1.72. The summed E-state index contributed by atoms with van der Waals surface area (Å²) in [4.78, 5) is 5.60. The number of nitrogens with zero attached hydrogens (tertiary/aromatic N) is 1. The van der Waals surface area contributed by atoms with Crippen LogP contribution in [0.2, 0.25) is 0 Å². The van der Waals surface area contributed by atoms with Crippen molar-refractivity contribution in [3.8, 4) is 0 Å². The van der Waals surface area contributed by atoms with Crippen LogP contribution in [0.15, 0.2) is 41.9 Å². The van der Waals surface area contributed by atoms with E-state index in [0.717, 1.165) is 12.3 Å². The van der Waals surface area contributed by atoms with Crippen molar-refractivity contribution in [2.24, 2.45) is 0 Å². The van der Waals surface area contributed by atoms with Gasteiger partial charge in [-0.15, -0.1) is 11.3 Å². The summed E-state index contributed by atoms with van der Waals surface area (Å²) in [7, 11) is 0. The molecule has 0 aromatic carbocycles. The molecule has 0 amide bonds. The highest BCUT2D eigenvalue weighted by molar-refractivity contribution is 7.10. The molecule has 0 saturated carbocycles. The molecule has 0 N–H and O–H groups in total. The van der Waals surface area contributed by atoms with E-state index in [1.54, 1.807) is 11.3 Å². The molecule has 0 aliphatic carbocycles. The Hall–Kier alpha value is -1.19. The fourth-order valence-electron chi connectivity index (χ4n) is 1.60. The van der Waals surface area contributed by atoms with Gasteiger partial charge in [0, 0.05) is 11.1 Å². The number of aromatic nitrogens is 1. The van der Waals surface area contributed by atoms with Gasteiger partial charge in [-0.05, 0) is 23.6 Å². The van der Waals surface area contributed by atoms with Crippen LogP contribution in [0, 0.1) is 0 Å². The third-order valence-corrected chi connectivity index (χ3v) is 3.44. The molecular formula is C11H9NOS. The van der Waals surface area contributed by atoms with Crippen molar-refractivity contribution in [1.29, 1.82) is 0 Å². The highest BCUT2D eigenvalue weighted by Gasteiger charge is 2.50. The Bertz CT molecular complexity index is 420. The van der Waals surface area contributed by atoms with E-state index in [4.69, 9.17) is 4.74 Å². The third-order valence-electron chi connectivity index (χ3n) is 2.43. The second kappa shape index (κ2) is 2.90. The average Bonchev–Trinajstić information content (AvgIpc) is 2.88. The first-order valence-corrected chi connectivity index (χ1v) is 5.39. The minimum atomic E-state index is -0.227. The molecule has 0 radical (unpaired) electrons. The summed E-state index contributed by atoms with van der Waals surface area (Å²) in [5.74, 6) is 0. The minimum absolute atomic E-state index is 0.227. The van der Waals surface area contributed by atoms with Gasteiger partial charge in [0.1, 0.15) is 0 Å². The van der Waals surface area contributed by atoms with Crippen molar-refractivity contribution in [1.82, 2.24) is 4.98 Å². The van der Waals surface area contributed by atoms with Crippen molar-refractivity contribution < 1.29 is 4.74 Å². The summed E-state index contributed by atoms with van der Waals surface area (Å²) in [6.45, 7) is 0.754. The van der Waals surface area contributed by atoms with Crippen LogP contribution < -0.4 is 0 Å².